The molecule has 3 heteroatoms. The quantitative estimate of drug-likeness (QED) is 0.766. The predicted molar refractivity (Wildman–Crippen MR) is 75.1 cm³/mol. The van der Waals surface area contributed by atoms with Crippen LogP contribution >= 0.6 is 0 Å². The number of nitriles is 1. The molecule has 0 N–H and O–H groups in total. The molecule has 98 valence electrons. The van der Waals surface area contributed by atoms with Crippen LogP contribution in [0.2, 0.25) is 0 Å². The molecule has 2 rings (SSSR count). The first-order valence-electron chi connectivity index (χ1n) is 6.74. The van der Waals surface area contributed by atoms with Gasteiger partial charge in [-0.2, -0.15) is 5.26 Å². The molecule has 18 heavy (non-hydrogen) atoms. The molecule has 1 aliphatic rings. The zero-order valence-electron chi connectivity index (χ0n) is 11.5. The summed E-state index contributed by atoms with van der Waals surface area (Å²) in [5.74, 6) is 0. The Labute approximate surface area is 111 Å². The van der Waals surface area contributed by atoms with Crippen molar-refractivity contribution in [2.24, 2.45) is 0 Å². The van der Waals surface area contributed by atoms with Gasteiger partial charge in [-0.1, -0.05) is 44.2 Å². The Bertz CT molecular complexity index is 348. The van der Waals surface area contributed by atoms with Crippen molar-refractivity contribution in [1.29, 1.82) is 5.26 Å². The molecule has 1 aliphatic heterocycles. The highest BCUT2D eigenvalue weighted by Gasteiger charge is 2.15. The Hall–Kier alpha value is -1.37. The molecule has 0 atom stereocenters. The van der Waals surface area contributed by atoms with Crippen LogP contribution in [0.15, 0.2) is 30.3 Å². The molecule has 1 aromatic rings. The lowest BCUT2D eigenvalue weighted by Gasteiger charge is -2.33. The van der Waals surface area contributed by atoms with Gasteiger partial charge in [0, 0.05) is 32.7 Å². The molecule has 1 saturated heterocycles. The minimum Gasteiger partial charge on any atom is -0.297 e. The molecule has 0 amide bonds. The van der Waals surface area contributed by atoms with Gasteiger partial charge in [0.05, 0.1) is 12.6 Å². The highest BCUT2D eigenvalue weighted by molar-refractivity contribution is 5.14. The number of hydrogen-bond donors (Lipinski definition) is 0. The lowest BCUT2D eigenvalue weighted by molar-refractivity contribution is 0.138. The van der Waals surface area contributed by atoms with Crippen LogP contribution in [0.1, 0.15) is 19.4 Å². The van der Waals surface area contributed by atoms with Crippen molar-refractivity contribution in [2.45, 2.75) is 20.4 Å². The number of hydrogen-bond acceptors (Lipinski definition) is 3. The van der Waals surface area contributed by atoms with E-state index >= 15 is 0 Å². The van der Waals surface area contributed by atoms with Crippen molar-refractivity contribution < 1.29 is 0 Å². The summed E-state index contributed by atoms with van der Waals surface area (Å²) >= 11 is 0. The molecule has 0 spiro atoms. The highest BCUT2D eigenvalue weighted by Crippen LogP contribution is 2.07. The number of piperazine rings is 1. The van der Waals surface area contributed by atoms with E-state index in [9.17, 15) is 0 Å². The van der Waals surface area contributed by atoms with Crippen LogP contribution < -0.4 is 0 Å². The summed E-state index contributed by atoms with van der Waals surface area (Å²) < 4.78 is 0. The third-order valence-electron chi connectivity index (χ3n) is 3.01. The fraction of sp³-hybridized carbons (Fsp3) is 0.533. The fourth-order valence-electron chi connectivity index (χ4n) is 2.05. The summed E-state index contributed by atoms with van der Waals surface area (Å²) in [6, 6.07) is 12.8. The van der Waals surface area contributed by atoms with Gasteiger partial charge in [-0.25, -0.2) is 0 Å². The van der Waals surface area contributed by atoms with Crippen LogP contribution in [0.5, 0.6) is 0 Å². The summed E-state index contributed by atoms with van der Waals surface area (Å²) in [5, 5.41) is 8.61. The summed E-state index contributed by atoms with van der Waals surface area (Å²) in [5.41, 5.74) is 1.37. The van der Waals surface area contributed by atoms with Gasteiger partial charge in [0.15, 0.2) is 0 Å². The van der Waals surface area contributed by atoms with Crippen LogP contribution in [-0.2, 0) is 6.54 Å². The third kappa shape index (κ3) is 4.87. The van der Waals surface area contributed by atoms with Crippen molar-refractivity contribution in [3.63, 3.8) is 0 Å². The number of benzene rings is 1. The van der Waals surface area contributed by atoms with E-state index in [4.69, 9.17) is 5.26 Å². The average molecular weight is 245 g/mol. The SMILES string of the molecule is CC.N#CCN1CCN(Cc2ccccc2)CC1. The Morgan fingerprint density at radius 1 is 1.00 bits per heavy atom. The molecule has 1 fully saturated rings. The number of nitrogens with zero attached hydrogens (tertiary/aromatic N) is 3. The maximum atomic E-state index is 8.61. The van der Waals surface area contributed by atoms with Crippen LogP contribution in [0.25, 0.3) is 0 Å². The van der Waals surface area contributed by atoms with Gasteiger partial charge < -0.3 is 0 Å². The topological polar surface area (TPSA) is 30.3 Å². The fourth-order valence-corrected chi connectivity index (χ4v) is 2.05. The normalized spacial score (nSPS) is 16.5. The molecule has 0 radical (unpaired) electrons. The largest absolute Gasteiger partial charge is 0.297 e. The van der Waals surface area contributed by atoms with E-state index in [1.54, 1.807) is 0 Å². The second kappa shape index (κ2) is 8.68. The van der Waals surface area contributed by atoms with E-state index < -0.39 is 0 Å². The predicted octanol–water partition coefficient (Wildman–Crippen LogP) is 2.35. The van der Waals surface area contributed by atoms with Gasteiger partial charge in [0.2, 0.25) is 0 Å². The van der Waals surface area contributed by atoms with Crippen molar-refractivity contribution in [2.75, 3.05) is 32.7 Å². The van der Waals surface area contributed by atoms with Crippen molar-refractivity contribution in [1.82, 2.24) is 9.80 Å². The van der Waals surface area contributed by atoms with Gasteiger partial charge in [-0.15, -0.1) is 0 Å². The van der Waals surface area contributed by atoms with Gasteiger partial charge in [-0.05, 0) is 5.56 Å². The Kier molecular flexibility index (Phi) is 7.09. The maximum Gasteiger partial charge on any atom is 0.0866 e. The van der Waals surface area contributed by atoms with Gasteiger partial charge in [-0.3, -0.25) is 9.80 Å². The Balaban J connectivity index is 0.000000771. The average Bonchev–Trinajstić information content (AvgIpc) is 2.45. The summed E-state index contributed by atoms with van der Waals surface area (Å²) in [7, 11) is 0. The zero-order chi connectivity index (χ0) is 13.2. The van der Waals surface area contributed by atoms with Gasteiger partial charge >= 0.3 is 0 Å². The van der Waals surface area contributed by atoms with E-state index in [1.807, 2.05) is 19.9 Å². The van der Waals surface area contributed by atoms with E-state index in [1.165, 1.54) is 5.56 Å². The maximum absolute atomic E-state index is 8.61. The van der Waals surface area contributed by atoms with Crippen molar-refractivity contribution >= 4 is 0 Å². The van der Waals surface area contributed by atoms with Crippen molar-refractivity contribution in [3.05, 3.63) is 35.9 Å². The first-order chi connectivity index (χ1) is 8.88. The van der Waals surface area contributed by atoms with E-state index in [-0.39, 0.29) is 0 Å². The van der Waals surface area contributed by atoms with E-state index in [2.05, 4.69) is 40.1 Å². The third-order valence-corrected chi connectivity index (χ3v) is 3.01. The standard InChI is InChI=1S/C13H17N3.C2H6/c14-6-7-15-8-10-16(11-9-15)12-13-4-2-1-3-5-13;1-2/h1-5H,7-12H2;1-2H3. The molecule has 0 saturated carbocycles. The molecule has 3 nitrogen and oxygen atoms in total. The smallest absolute Gasteiger partial charge is 0.0866 e. The summed E-state index contributed by atoms with van der Waals surface area (Å²) in [6.45, 7) is 9.76. The lowest BCUT2D eigenvalue weighted by Crippen LogP contribution is -2.45. The minimum absolute atomic E-state index is 0.569. The van der Waals surface area contributed by atoms with Crippen LogP contribution in [0.3, 0.4) is 0 Å². The van der Waals surface area contributed by atoms with Crippen LogP contribution in [0, 0.1) is 11.3 Å². The molecule has 0 aliphatic carbocycles. The summed E-state index contributed by atoms with van der Waals surface area (Å²) in [4.78, 5) is 4.66. The zero-order valence-corrected chi connectivity index (χ0v) is 11.5. The minimum atomic E-state index is 0.569. The second-order valence-electron chi connectivity index (χ2n) is 4.20. The molecular weight excluding hydrogens is 222 g/mol. The van der Waals surface area contributed by atoms with Gasteiger partial charge in [0.1, 0.15) is 0 Å². The summed E-state index contributed by atoms with van der Waals surface area (Å²) in [6.07, 6.45) is 0. The molecular formula is C15H23N3. The van der Waals surface area contributed by atoms with Crippen LogP contribution in [-0.4, -0.2) is 42.5 Å². The molecule has 1 heterocycles. The second-order valence-corrected chi connectivity index (χ2v) is 4.20. The first-order valence-corrected chi connectivity index (χ1v) is 6.74. The Morgan fingerprint density at radius 2 is 1.56 bits per heavy atom. The van der Waals surface area contributed by atoms with Crippen LogP contribution in [0.4, 0.5) is 0 Å². The van der Waals surface area contributed by atoms with E-state index in [0.717, 1.165) is 32.7 Å². The van der Waals surface area contributed by atoms with Crippen molar-refractivity contribution in [3.8, 4) is 6.07 Å². The monoisotopic (exact) mass is 245 g/mol. The Morgan fingerprint density at radius 3 is 2.11 bits per heavy atom. The highest BCUT2D eigenvalue weighted by atomic mass is 15.3. The van der Waals surface area contributed by atoms with Gasteiger partial charge in [0.25, 0.3) is 0 Å². The van der Waals surface area contributed by atoms with E-state index in [0.29, 0.717) is 6.54 Å². The number of rotatable bonds is 3. The lowest BCUT2D eigenvalue weighted by atomic mass is 10.2. The molecule has 0 aromatic heterocycles. The molecule has 0 bridgehead atoms. The molecule has 1 aromatic carbocycles. The first kappa shape index (κ1) is 14.7. The molecule has 0 unspecified atom stereocenters.